The van der Waals surface area contributed by atoms with E-state index in [1.165, 1.54) is 12.2 Å². The van der Waals surface area contributed by atoms with E-state index >= 15 is 0 Å². The second-order valence-corrected chi connectivity index (χ2v) is 7.02. The Morgan fingerprint density at radius 1 is 1.28 bits per heavy atom. The summed E-state index contributed by atoms with van der Waals surface area (Å²) in [5.41, 5.74) is 20.3. The van der Waals surface area contributed by atoms with Crippen LogP contribution >= 0.6 is 0 Å². The fraction of sp³-hybridized carbons (Fsp3) is 0.217. The number of aromatic nitrogens is 1. The van der Waals surface area contributed by atoms with Crippen LogP contribution in [0.4, 0.5) is 15.8 Å². The third-order valence-electron chi connectivity index (χ3n) is 4.84. The molecule has 0 saturated carbocycles. The minimum absolute atomic E-state index is 0.0956. The largest absolute Gasteiger partial charge is 0.398 e. The summed E-state index contributed by atoms with van der Waals surface area (Å²) >= 11 is 0. The van der Waals surface area contributed by atoms with E-state index in [4.69, 9.17) is 27.3 Å². The number of hydrogen-bond acceptors (Lipinski definition) is 6. The summed E-state index contributed by atoms with van der Waals surface area (Å²) < 4.78 is 17.8. The number of hydrogen-bond donors (Lipinski definition) is 6. The van der Waals surface area contributed by atoms with Crippen LogP contribution in [0.1, 0.15) is 25.1 Å². The summed E-state index contributed by atoms with van der Waals surface area (Å²) in [6, 6.07) is 3.76. The first-order chi connectivity index (χ1) is 15.2. The number of aromatic amines is 1. The van der Waals surface area contributed by atoms with Crippen molar-refractivity contribution < 1.29 is 13.9 Å². The summed E-state index contributed by atoms with van der Waals surface area (Å²) in [6.45, 7) is 8.64. The molecule has 3 rings (SSSR count). The number of carbonyl (C=O) groups is 1. The molecule has 1 aliphatic heterocycles. The van der Waals surface area contributed by atoms with Crippen molar-refractivity contribution in [3.8, 4) is 0 Å². The molecule has 1 aromatic carbocycles. The van der Waals surface area contributed by atoms with Gasteiger partial charge in [-0.2, -0.15) is 0 Å². The first-order valence-electron chi connectivity index (χ1n) is 9.93. The molecule has 2 heterocycles. The van der Waals surface area contributed by atoms with Crippen LogP contribution in [0.15, 0.2) is 54.5 Å². The highest BCUT2D eigenvalue weighted by molar-refractivity contribution is 6.22. The first kappa shape index (κ1) is 24.4. The second kappa shape index (κ2) is 11.0. The monoisotopic (exact) mass is 440 g/mol. The normalized spacial score (nSPS) is 14.6. The molecule has 1 amide bonds. The van der Waals surface area contributed by atoms with Crippen LogP contribution in [0, 0.1) is 5.41 Å². The molecular formula is C23H29FN6O2. The lowest BCUT2D eigenvalue weighted by Gasteiger charge is -2.28. The number of anilines is 2. The van der Waals surface area contributed by atoms with Gasteiger partial charge in [0, 0.05) is 34.1 Å². The summed E-state index contributed by atoms with van der Waals surface area (Å²) in [6.07, 6.45) is 7.64. The van der Waals surface area contributed by atoms with Crippen molar-refractivity contribution in [2.24, 2.45) is 5.73 Å². The summed E-state index contributed by atoms with van der Waals surface area (Å²) in [7, 11) is 0. The molecule has 32 heavy (non-hydrogen) atoms. The maximum absolute atomic E-state index is 12.8. The van der Waals surface area contributed by atoms with Gasteiger partial charge in [-0.25, -0.2) is 4.39 Å². The highest BCUT2D eigenvalue weighted by Gasteiger charge is 2.18. The van der Waals surface area contributed by atoms with Gasteiger partial charge >= 0.3 is 0 Å². The molecule has 0 bridgehead atoms. The molecule has 1 aromatic heterocycles. The molecule has 8 nitrogen and oxygen atoms in total. The lowest BCUT2D eigenvalue weighted by atomic mass is 10.1. The lowest BCUT2D eigenvalue weighted by Crippen LogP contribution is -2.45. The van der Waals surface area contributed by atoms with Crippen molar-refractivity contribution >= 4 is 40.0 Å². The van der Waals surface area contributed by atoms with Crippen molar-refractivity contribution in [1.29, 1.82) is 5.41 Å². The van der Waals surface area contributed by atoms with Gasteiger partial charge in [0.15, 0.2) is 0 Å². The number of nitrogens with one attached hydrogen (secondary N) is 3. The van der Waals surface area contributed by atoms with E-state index in [0.717, 1.165) is 25.1 Å². The fourth-order valence-electron chi connectivity index (χ4n) is 2.92. The summed E-state index contributed by atoms with van der Waals surface area (Å²) in [5.74, 6) is -0.881. The van der Waals surface area contributed by atoms with Crippen molar-refractivity contribution in [2.45, 2.75) is 19.9 Å². The number of primary amides is 1. The number of fused-ring (bicyclic) bond motifs is 1. The molecule has 1 saturated heterocycles. The summed E-state index contributed by atoms with van der Waals surface area (Å²) in [5, 5.41) is 11.2. The number of nitrogens with two attached hydrogens (primary N) is 3. The van der Waals surface area contributed by atoms with Gasteiger partial charge in [-0.05, 0) is 38.1 Å². The predicted octanol–water partition coefficient (Wildman–Crippen LogP) is 3.14. The second-order valence-electron chi connectivity index (χ2n) is 7.02. The molecule has 0 aliphatic carbocycles. The average molecular weight is 441 g/mol. The number of nitrogen functional groups attached to an aromatic ring is 2. The lowest BCUT2D eigenvalue weighted by molar-refractivity contribution is -0.112. The number of benzene rings is 1. The molecule has 170 valence electrons. The Morgan fingerprint density at radius 2 is 1.97 bits per heavy atom. The quantitative estimate of drug-likeness (QED) is 0.169. The SMILES string of the molecule is C=C(C(N)=O)c1[nH]c2ccc(N)c(C=N)c2c1N.C\C=C(F)/C=C\C(=C/C)NC1COC1. The average Bonchev–Trinajstić information content (AvgIpc) is 3.08. The number of amides is 1. The van der Waals surface area contributed by atoms with Gasteiger partial charge in [0.25, 0.3) is 0 Å². The standard InChI is InChI=1S/C12H13N5O.C11H16FNO/c1-5(12(16)18)11-10(15)9-6(4-13)7(14)2-3-8(9)17-11;1-3-9(12)5-6-10(4-2)13-11-7-14-8-11/h2-4,13,17H,1,14-15H2,(H2,16,18);3-6,11,13H,7-8H2,1-2H3/b;6-5-,9-3+,10-4+. The number of ether oxygens (including phenoxy) is 1. The summed E-state index contributed by atoms with van der Waals surface area (Å²) in [4.78, 5) is 14.1. The minimum Gasteiger partial charge on any atom is -0.398 e. The topological polar surface area (TPSA) is 156 Å². The molecule has 0 unspecified atom stereocenters. The van der Waals surface area contributed by atoms with Crippen LogP contribution in [0.2, 0.25) is 0 Å². The third-order valence-corrected chi connectivity index (χ3v) is 4.84. The minimum atomic E-state index is -0.655. The van der Waals surface area contributed by atoms with E-state index in [-0.39, 0.29) is 11.4 Å². The van der Waals surface area contributed by atoms with E-state index in [1.54, 1.807) is 25.1 Å². The van der Waals surface area contributed by atoms with Crippen LogP contribution in [0.25, 0.3) is 16.5 Å². The Bertz CT molecular complexity index is 1110. The van der Waals surface area contributed by atoms with Crippen molar-refractivity contribution in [1.82, 2.24) is 10.3 Å². The van der Waals surface area contributed by atoms with E-state index in [9.17, 15) is 9.18 Å². The van der Waals surface area contributed by atoms with Gasteiger partial charge in [0.05, 0.1) is 36.2 Å². The highest BCUT2D eigenvalue weighted by atomic mass is 19.1. The zero-order valence-corrected chi connectivity index (χ0v) is 18.2. The van der Waals surface area contributed by atoms with Crippen LogP contribution in [0.3, 0.4) is 0 Å². The highest BCUT2D eigenvalue weighted by Crippen LogP contribution is 2.33. The van der Waals surface area contributed by atoms with E-state index in [2.05, 4.69) is 16.9 Å². The van der Waals surface area contributed by atoms with Crippen LogP contribution in [0.5, 0.6) is 0 Å². The Morgan fingerprint density at radius 3 is 2.47 bits per heavy atom. The molecular weight excluding hydrogens is 411 g/mol. The van der Waals surface area contributed by atoms with Crippen LogP contribution in [-0.2, 0) is 9.53 Å². The van der Waals surface area contributed by atoms with Gasteiger partial charge in [-0.1, -0.05) is 18.7 Å². The van der Waals surface area contributed by atoms with E-state index < -0.39 is 5.91 Å². The van der Waals surface area contributed by atoms with Crippen LogP contribution < -0.4 is 22.5 Å². The molecule has 0 atom stereocenters. The number of rotatable bonds is 7. The van der Waals surface area contributed by atoms with Gasteiger partial charge < -0.3 is 37.6 Å². The van der Waals surface area contributed by atoms with E-state index in [1.807, 2.05) is 13.0 Å². The van der Waals surface area contributed by atoms with Gasteiger partial charge in [-0.3, -0.25) is 4.79 Å². The molecule has 1 aliphatic rings. The molecule has 1 fully saturated rings. The number of H-pyrrole nitrogens is 1. The van der Waals surface area contributed by atoms with Crippen molar-refractivity contribution in [2.75, 3.05) is 24.7 Å². The third kappa shape index (κ3) is 5.64. The van der Waals surface area contributed by atoms with Gasteiger partial charge in [0.1, 0.15) is 5.83 Å². The Hall–Kier alpha value is -3.85. The molecule has 0 spiro atoms. The Balaban J connectivity index is 0.000000235. The van der Waals surface area contributed by atoms with Gasteiger partial charge in [0.2, 0.25) is 5.91 Å². The van der Waals surface area contributed by atoms with Crippen LogP contribution in [-0.4, -0.2) is 36.4 Å². The maximum Gasteiger partial charge on any atom is 0.250 e. The van der Waals surface area contributed by atoms with E-state index in [0.29, 0.717) is 39.6 Å². The first-order valence-corrected chi connectivity index (χ1v) is 9.93. The number of carbonyl (C=O) groups excluding carboxylic acids is 1. The molecule has 2 aromatic rings. The smallest absolute Gasteiger partial charge is 0.250 e. The van der Waals surface area contributed by atoms with Crippen molar-refractivity contribution in [3.63, 3.8) is 0 Å². The predicted molar refractivity (Wildman–Crippen MR) is 129 cm³/mol. The van der Waals surface area contributed by atoms with Crippen molar-refractivity contribution in [3.05, 3.63) is 65.8 Å². The zero-order valence-electron chi connectivity index (χ0n) is 18.2. The molecule has 9 heteroatoms. The van der Waals surface area contributed by atoms with Gasteiger partial charge in [-0.15, -0.1) is 0 Å². The number of allylic oxidation sites excluding steroid dienone is 5. The molecule has 9 N–H and O–H groups in total. The zero-order chi connectivity index (χ0) is 23.8. The Kier molecular flexibility index (Phi) is 8.37. The number of halogens is 1. The molecule has 0 radical (unpaired) electrons. The fourth-order valence-corrected chi connectivity index (χ4v) is 2.92. The Labute approximate surface area is 186 Å². The maximum atomic E-state index is 12.8.